The highest BCUT2D eigenvalue weighted by Crippen LogP contribution is 2.18. The van der Waals surface area contributed by atoms with Gasteiger partial charge < -0.3 is 19.1 Å². The Morgan fingerprint density at radius 3 is 2.44 bits per heavy atom. The van der Waals surface area contributed by atoms with Crippen LogP contribution in [0.2, 0.25) is 0 Å². The third-order valence-corrected chi connectivity index (χ3v) is 2.27. The lowest BCUT2D eigenvalue weighted by Crippen LogP contribution is -2.28. The molecule has 0 saturated carbocycles. The summed E-state index contributed by atoms with van der Waals surface area (Å²) in [6.45, 7) is 7.48. The fourth-order valence-corrected chi connectivity index (χ4v) is 1.54. The number of aliphatic hydroxyl groups excluding tert-OH is 1. The first kappa shape index (κ1) is 13.2. The molecule has 92 valence electrons. The first-order chi connectivity index (χ1) is 7.74. The maximum absolute atomic E-state index is 10.1. The molecule has 16 heavy (non-hydrogen) atoms. The van der Waals surface area contributed by atoms with E-state index in [1.54, 1.807) is 6.20 Å². The molecule has 0 aliphatic carbocycles. The number of aliphatic hydroxyl groups is 1. The first-order valence-corrected chi connectivity index (χ1v) is 5.66. The zero-order valence-electron chi connectivity index (χ0n) is 10.1. The van der Waals surface area contributed by atoms with Crippen LogP contribution in [0.4, 0.5) is 0 Å². The molecule has 0 radical (unpaired) electrons. The third kappa shape index (κ3) is 3.04. The van der Waals surface area contributed by atoms with E-state index in [0.29, 0.717) is 19.0 Å². The van der Waals surface area contributed by atoms with Gasteiger partial charge in [0.15, 0.2) is 12.4 Å². The fraction of sp³-hybridized carbons (Fsp3) is 0.727. The molecule has 5 heteroatoms. The summed E-state index contributed by atoms with van der Waals surface area (Å²) in [5.41, 5.74) is 0. The van der Waals surface area contributed by atoms with E-state index < -0.39 is 12.4 Å². The van der Waals surface area contributed by atoms with Crippen molar-refractivity contribution in [1.82, 2.24) is 9.55 Å². The van der Waals surface area contributed by atoms with Gasteiger partial charge in [0.1, 0.15) is 5.82 Å². The van der Waals surface area contributed by atoms with Crippen LogP contribution < -0.4 is 0 Å². The summed E-state index contributed by atoms with van der Waals surface area (Å²) in [7, 11) is 0. The predicted octanol–water partition coefficient (Wildman–Crippen LogP) is 1.34. The Morgan fingerprint density at radius 2 is 1.94 bits per heavy atom. The first-order valence-electron chi connectivity index (χ1n) is 5.66. The van der Waals surface area contributed by atoms with Crippen LogP contribution in [0, 0.1) is 0 Å². The van der Waals surface area contributed by atoms with E-state index in [2.05, 4.69) is 4.98 Å². The summed E-state index contributed by atoms with van der Waals surface area (Å²) < 4.78 is 12.6. The number of hydrogen-bond acceptors (Lipinski definition) is 4. The third-order valence-electron chi connectivity index (χ3n) is 2.27. The molecule has 0 aromatic carbocycles. The molecule has 1 aromatic heterocycles. The zero-order valence-corrected chi connectivity index (χ0v) is 10.1. The van der Waals surface area contributed by atoms with Crippen molar-refractivity contribution in [2.75, 3.05) is 13.2 Å². The lowest BCUT2D eigenvalue weighted by atomic mass is 10.3. The minimum atomic E-state index is -0.852. The number of hydrogen-bond donors (Lipinski definition) is 1. The molecule has 0 spiro atoms. The normalized spacial score (nSPS) is 13.3. The second kappa shape index (κ2) is 6.62. The van der Waals surface area contributed by atoms with Crippen LogP contribution in [0.25, 0.3) is 0 Å². The highest BCUT2D eigenvalue weighted by Gasteiger charge is 2.25. The smallest absolute Gasteiger partial charge is 0.190 e. The summed E-state index contributed by atoms with van der Waals surface area (Å²) in [5.74, 6) is 0.578. The quantitative estimate of drug-likeness (QED) is 0.715. The molecule has 1 rings (SSSR count). The molecule has 1 N–H and O–H groups in total. The monoisotopic (exact) mass is 228 g/mol. The SMILES string of the molecule is CCOC(OCC)C(O)c1nccn1CC. The van der Waals surface area contributed by atoms with Gasteiger partial charge in [-0.25, -0.2) is 4.98 Å². The Balaban J connectivity index is 2.76. The number of nitrogens with zero attached hydrogens (tertiary/aromatic N) is 2. The van der Waals surface area contributed by atoms with Crippen molar-refractivity contribution < 1.29 is 14.6 Å². The summed E-state index contributed by atoms with van der Waals surface area (Å²) >= 11 is 0. The number of aryl methyl sites for hydroxylation is 1. The predicted molar refractivity (Wildman–Crippen MR) is 59.9 cm³/mol. The molecular formula is C11H20N2O3. The van der Waals surface area contributed by atoms with E-state index in [-0.39, 0.29) is 0 Å². The van der Waals surface area contributed by atoms with Crippen LogP contribution in [0.15, 0.2) is 12.4 Å². The van der Waals surface area contributed by atoms with Crippen molar-refractivity contribution in [2.45, 2.75) is 39.7 Å². The average molecular weight is 228 g/mol. The Labute approximate surface area is 96.0 Å². The largest absolute Gasteiger partial charge is 0.380 e. The van der Waals surface area contributed by atoms with Crippen molar-refractivity contribution in [2.24, 2.45) is 0 Å². The number of ether oxygens (including phenoxy) is 2. The molecule has 0 bridgehead atoms. The zero-order chi connectivity index (χ0) is 12.0. The summed E-state index contributed by atoms with van der Waals surface area (Å²) in [5, 5.41) is 10.1. The molecule has 0 amide bonds. The van der Waals surface area contributed by atoms with E-state index in [0.717, 1.165) is 6.54 Å². The molecule has 0 aliphatic rings. The number of aromatic nitrogens is 2. The van der Waals surface area contributed by atoms with E-state index in [1.807, 2.05) is 31.5 Å². The Morgan fingerprint density at radius 1 is 1.31 bits per heavy atom. The van der Waals surface area contributed by atoms with Gasteiger partial charge in [0.25, 0.3) is 0 Å². The van der Waals surface area contributed by atoms with E-state index in [1.165, 1.54) is 0 Å². The van der Waals surface area contributed by atoms with Crippen molar-refractivity contribution in [3.63, 3.8) is 0 Å². The topological polar surface area (TPSA) is 56.5 Å². The fourth-order valence-electron chi connectivity index (χ4n) is 1.54. The van der Waals surface area contributed by atoms with Crippen molar-refractivity contribution in [3.05, 3.63) is 18.2 Å². The Bertz CT molecular complexity index is 295. The molecule has 1 aromatic rings. The van der Waals surface area contributed by atoms with E-state index in [4.69, 9.17) is 9.47 Å². The summed E-state index contributed by atoms with van der Waals surface area (Å²) in [6, 6.07) is 0. The van der Waals surface area contributed by atoms with Crippen LogP contribution in [0.3, 0.4) is 0 Å². The highest BCUT2D eigenvalue weighted by atomic mass is 16.7. The van der Waals surface area contributed by atoms with Crippen molar-refractivity contribution in [3.8, 4) is 0 Å². The number of imidazole rings is 1. The van der Waals surface area contributed by atoms with Crippen LogP contribution in [-0.4, -0.2) is 34.2 Å². The second-order valence-corrected chi connectivity index (χ2v) is 3.30. The van der Waals surface area contributed by atoms with Crippen LogP contribution in [0.5, 0.6) is 0 Å². The number of rotatable bonds is 7. The Hall–Kier alpha value is -0.910. The van der Waals surface area contributed by atoms with Gasteiger partial charge in [0.05, 0.1) is 0 Å². The van der Waals surface area contributed by atoms with Gasteiger partial charge >= 0.3 is 0 Å². The standard InChI is InChI=1S/C11H20N2O3/c1-4-13-8-7-12-10(13)9(14)11(15-5-2)16-6-3/h7-9,11,14H,4-6H2,1-3H3. The van der Waals surface area contributed by atoms with Crippen LogP contribution >= 0.6 is 0 Å². The lowest BCUT2D eigenvalue weighted by molar-refractivity contribution is -0.194. The van der Waals surface area contributed by atoms with Gasteiger partial charge in [-0.05, 0) is 20.8 Å². The van der Waals surface area contributed by atoms with Gasteiger partial charge in [0.2, 0.25) is 0 Å². The molecule has 1 unspecified atom stereocenters. The second-order valence-electron chi connectivity index (χ2n) is 3.30. The molecule has 0 aliphatic heterocycles. The molecule has 0 saturated heterocycles. The minimum Gasteiger partial charge on any atom is -0.380 e. The Kier molecular flexibility index (Phi) is 5.45. The van der Waals surface area contributed by atoms with Gasteiger partial charge in [0, 0.05) is 32.2 Å². The molecule has 1 heterocycles. The minimum absolute atomic E-state index is 0.495. The summed E-state index contributed by atoms with van der Waals surface area (Å²) in [6.07, 6.45) is 1.99. The van der Waals surface area contributed by atoms with Gasteiger partial charge in [-0.15, -0.1) is 0 Å². The molecular weight excluding hydrogens is 208 g/mol. The lowest BCUT2D eigenvalue weighted by Gasteiger charge is -2.22. The van der Waals surface area contributed by atoms with Crippen LogP contribution in [-0.2, 0) is 16.0 Å². The summed E-state index contributed by atoms with van der Waals surface area (Å²) in [4.78, 5) is 4.13. The molecule has 1 atom stereocenters. The van der Waals surface area contributed by atoms with Gasteiger partial charge in [-0.2, -0.15) is 0 Å². The van der Waals surface area contributed by atoms with E-state index in [9.17, 15) is 5.11 Å². The van der Waals surface area contributed by atoms with Crippen molar-refractivity contribution >= 4 is 0 Å². The van der Waals surface area contributed by atoms with Crippen LogP contribution in [0.1, 0.15) is 32.7 Å². The van der Waals surface area contributed by atoms with Gasteiger partial charge in [-0.3, -0.25) is 0 Å². The van der Waals surface area contributed by atoms with Gasteiger partial charge in [-0.1, -0.05) is 0 Å². The van der Waals surface area contributed by atoms with E-state index >= 15 is 0 Å². The average Bonchev–Trinajstić information content (AvgIpc) is 2.75. The molecule has 0 fully saturated rings. The maximum Gasteiger partial charge on any atom is 0.190 e. The highest BCUT2D eigenvalue weighted by molar-refractivity contribution is 4.97. The van der Waals surface area contributed by atoms with Crippen molar-refractivity contribution in [1.29, 1.82) is 0 Å². The molecule has 5 nitrogen and oxygen atoms in total. The maximum atomic E-state index is 10.1.